The molecule has 0 aliphatic carbocycles. The molecule has 0 unspecified atom stereocenters. The smallest absolute Gasteiger partial charge is 0.324 e. The lowest BCUT2D eigenvalue weighted by Gasteiger charge is -2.35. The zero-order valence-corrected chi connectivity index (χ0v) is 20.3. The largest absolute Gasteiger partial charge is 0.711 e. The lowest BCUT2D eigenvalue weighted by molar-refractivity contribution is -0.621. The minimum atomic E-state index is -1.46. The molecule has 0 spiro atoms. The summed E-state index contributed by atoms with van der Waals surface area (Å²) in [4.78, 5) is 26.3. The van der Waals surface area contributed by atoms with Gasteiger partial charge in [0, 0.05) is 27.7 Å². The van der Waals surface area contributed by atoms with Crippen molar-refractivity contribution >= 4 is 11.9 Å². The number of nitrogens with zero attached hydrogens (tertiary/aromatic N) is 2. The van der Waals surface area contributed by atoms with E-state index in [9.17, 15) is 19.9 Å². The van der Waals surface area contributed by atoms with Crippen LogP contribution in [0.3, 0.4) is 0 Å². The number of aromatic hydroxyl groups is 1. The number of methoxy groups -OCH3 is 1. The van der Waals surface area contributed by atoms with Gasteiger partial charge in [-0.2, -0.15) is 0 Å². The molecule has 184 valence electrons. The molecule has 1 saturated heterocycles. The summed E-state index contributed by atoms with van der Waals surface area (Å²) < 4.78 is 18.5. The Morgan fingerprint density at radius 1 is 1.11 bits per heavy atom. The van der Waals surface area contributed by atoms with E-state index in [2.05, 4.69) is 0 Å². The van der Waals surface area contributed by atoms with Crippen LogP contribution in [0.2, 0.25) is 0 Å². The van der Waals surface area contributed by atoms with Crippen LogP contribution in [0, 0.1) is 25.0 Å². The maximum Gasteiger partial charge on any atom is 0.324 e. The average Bonchev–Trinajstić information content (AvgIpc) is 3.00. The van der Waals surface area contributed by atoms with Crippen molar-refractivity contribution < 1.29 is 33.6 Å². The number of aromatic nitrogens is 2. The third-order valence-electron chi connectivity index (χ3n) is 6.28. The highest BCUT2D eigenvalue weighted by Crippen LogP contribution is 2.40. The Morgan fingerprint density at radius 2 is 1.74 bits per heavy atom. The molecule has 1 aliphatic heterocycles. The Hall–Kier alpha value is -4.01. The Balaban J connectivity index is 1.94. The summed E-state index contributed by atoms with van der Waals surface area (Å²) >= 11 is 0. The van der Waals surface area contributed by atoms with Crippen LogP contribution in [-0.2, 0) is 25.6 Å². The van der Waals surface area contributed by atoms with Gasteiger partial charge in [-0.05, 0) is 23.3 Å². The topological polar surface area (TPSA) is 114 Å². The van der Waals surface area contributed by atoms with E-state index < -0.39 is 29.6 Å². The van der Waals surface area contributed by atoms with Gasteiger partial charge in [-0.1, -0.05) is 36.4 Å². The van der Waals surface area contributed by atoms with E-state index in [4.69, 9.17) is 14.2 Å². The molecule has 3 aromatic rings. The first-order valence-corrected chi connectivity index (χ1v) is 11.2. The SMILES string of the molecule is COc1ccc([C@@H](c2n(Cc3ccccc3)c(C)c(C)[n+]2[O-])C2C(=O)OC(C)(C)OC2=O)cc1O. The summed E-state index contributed by atoms with van der Waals surface area (Å²) in [6.07, 6.45) is 0. The number of phenolic OH excluding ortho intramolecular Hbond substituents is 1. The molecule has 2 heterocycles. The number of benzene rings is 2. The van der Waals surface area contributed by atoms with Gasteiger partial charge in [0.25, 0.3) is 11.6 Å². The Bertz CT molecular complexity index is 1260. The summed E-state index contributed by atoms with van der Waals surface area (Å²) in [6.45, 7) is 6.75. The Labute approximate surface area is 203 Å². The summed E-state index contributed by atoms with van der Waals surface area (Å²) in [5.74, 6) is -5.43. The molecule has 0 saturated carbocycles. The van der Waals surface area contributed by atoms with Gasteiger partial charge in [-0.3, -0.25) is 9.59 Å². The van der Waals surface area contributed by atoms with Crippen LogP contribution in [0.25, 0.3) is 0 Å². The quantitative estimate of drug-likeness (QED) is 0.250. The van der Waals surface area contributed by atoms with Crippen molar-refractivity contribution in [2.75, 3.05) is 7.11 Å². The number of rotatable bonds is 6. The average molecular weight is 481 g/mol. The second kappa shape index (κ2) is 8.98. The minimum Gasteiger partial charge on any atom is -0.711 e. The molecule has 9 heteroatoms. The van der Waals surface area contributed by atoms with E-state index in [0.717, 1.165) is 10.3 Å². The highest BCUT2D eigenvalue weighted by atomic mass is 16.7. The van der Waals surface area contributed by atoms with Gasteiger partial charge >= 0.3 is 11.9 Å². The lowest BCUT2D eigenvalue weighted by Crippen LogP contribution is -2.50. The predicted octanol–water partition coefficient (Wildman–Crippen LogP) is 3.09. The fourth-order valence-corrected chi connectivity index (χ4v) is 4.45. The molecule has 0 amide bonds. The monoisotopic (exact) mass is 480 g/mol. The third kappa shape index (κ3) is 4.41. The minimum absolute atomic E-state index is 0.159. The molecule has 1 atom stereocenters. The number of cyclic esters (lactones) is 2. The van der Waals surface area contributed by atoms with Gasteiger partial charge < -0.3 is 24.5 Å². The van der Waals surface area contributed by atoms with Crippen LogP contribution in [-0.4, -0.2) is 34.5 Å². The van der Waals surface area contributed by atoms with E-state index >= 15 is 0 Å². The fourth-order valence-electron chi connectivity index (χ4n) is 4.45. The van der Waals surface area contributed by atoms with Crippen molar-refractivity contribution in [3.8, 4) is 11.5 Å². The van der Waals surface area contributed by atoms with Crippen molar-refractivity contribution in [2.24, 2.45) is 5.92 Å². The third-order valence-corrected chi connectivity index (χ3v) is 6.28. The van der Waals surface area contributed by atoms with Crippen molar-refractivity contribution in [3.63, 3.8) is 0 Å². The highest BCUT2D eigenvalue weighted by Gasteiger charge is 2.52. The molecule has 9 nitrogen and oxygen atoms in total. The first kappa shape index (κ1) is 24.1. The number of hydrogen-bond donors (Lipinski definition) is 1. The second-order valence-electron chi connectivity index (χ2n) is 9.02. The Morgan fingerprint density at radius 3 is 2.31 bits per heavy atom. The Kier molecular flexibility index (Phi) is 6.19. The van der Waals surface area contributed by atoms with Gasteiger partial charge in [0.2, 0.25) is 0 Å². The summed E-state index contributed by atoms with van der Waals surface area (Å²) in [7, 11) is 1.41. The lowest BCUT2D eigenvalue weighted by atomic mass is 9.84. The maximum absolute atomic E-state index is 13.5. The number of esters is 2. The number of ether oxygens (including phenoxy) is 3. The van der Waals surface area contributed by atoms with Crippen LogP contribution in [0.5, 0.6) is 11.5 Å². The number of phenols is 1. The number of imidazole rings is 1. The van der Waals surface area contributed by atoms with E-state index in [0.29, 0.717) is 23.5 Å². The molecular weight excluding hydrogens is 452 g/mol. The zero-order valence-electron chi connectivity index (χ0n) is 20.3. The van der Waals surface area contributed by atoms with E-state index in [1.54, 1.807) is 24.5 Å². The number of carbonyl (C=O) groups is 2. The summed E-state index contributed by atoms with van der Waals surface area (Å²) in [6, 6.07) is 14.0. The summed E-state index contributed by atoms with van der Waals surface area (Å²) in [5.41, 5.74) is 2.40. The van der Waals surface area contributed by atoms with Crippen molar-refractivity contribution in [1.29, 1.82) is 0 Å². The molecule has 0 radical (unpaired) electrons. The molecular formula is C26H28N2O7. The summed E-state index contributed by atoms with van der Waals surface area (Å²) in [5, 5.41) is 24.0. The zero-order chi connectivity index (χ0) is 25.5. The van der Waals surface area contributed by atoms with E-state index in [1.807, 2.05) is 30.3 Å². The molecule has 1 aliphatic rings. The van der Waals surface area contributed by atoms with Gasteiger partial charge in [0.15, 0.2) is 17.4 Å². The highest BCUT2D eigenvalue weighted by molar-refractivity contribution is 5.98. The molecule has 1 fully saturated rings. The molecule has 2 aromatic carbocycles. The van der Waals surface area contributed by atoms with Crippen molar-refractivity contribution in [2.45, 2.75) is 45.9 Å². The standard InChI is InChI=1S/C26H28N2O7/c1-15-16(2)28(32)23(27(15)14-17-9-7-6-8-10-17)21(18-11-12-20(33-5)19(29)13-18)22-24(30)34-26(3,4)35-25(22)31/h6-13,21-22,29H,14H2,1-5H3/t21-/m1/s1. The van der Waals surface area contributed by atoms with E-state index in [-0.39, 0.29) is 17.3 Å². The van der Waals surface area contributed by atoms with Crippen LogP contribution in [0.4, 0.5) is 0 Å². The van der Waals surface area contributed by atoms with Crippen molar-refractivity contribution in [3.05, 3.63) is 82.1 Å². The van der Waals surface area contributed by atoms with Crippen LogP contribution in [0.1, 0.15) is 48.1 Å². The van der Waals surface area contributed by atoms with Gasteiger partial charge in [0.1, 0.15) is 23.9 Å². The van der Waals surface area contributed by atoms with Crippen LogP contribution in [0.15, 0.2) is 48.5 Å². The normalized spacial score (nSPS) is 16.5. The predicted molar refractivity (Wildman–Crippen MR) is 125 cm³/mol. The number of hydrogen-bond acceptors (Lipinski definition) is 7. The molecule has 35 heavy (non-hydrogen) atoms. The van der Waals surface area contributed by atoms with Crippen LogP contribution >= 0.6 is 0 Å². The fraction of sp³-hybridized carbons (Fsp3) is 0.346. The molecule has 4 rings (SSSR count). The van der Waals surface area contributed by atoms with Crippen LogP contribution < -0.4 is 9.47 Å². The molecule has 1 N–H and O–H groups in total. The van der Waals surface area contributed by atoms with E-state index in [1.165, 1.54) is 33.1 Å². The van der Waals surface area contributed by atoms with Gasteiger partial charge in [0.05, 0.1) is 7.11 Å². The maximum atomic E-state index is 13.5. The molecule has 0 bridgehead atoms. The van der Waals surface area contributed by atoms with Gasteiger partial charge in [-0.25, -0.2) is 9.30 Å². The van der Waals surface area contributed by atoms with Crippen molar-refractivity contribution in [1.82, 2.24) is 4.57 Å². The van der Waals surface area contributed by atoms with Gasteiger partial charge in [-0.15, -0.1) is 0 Å². The number of carbonyl (C=O) groups excluding carboxylic acids is 2. The molecule has 1 aromatic heterocycles. The first-order valence-electron chi connectivity index (χ1n) is 11.2. The first-order chi connectivity index (χ1) is 16.5. The second-order valence-corrected chi connectivity index (χ2v) is 9.02.